The maximum atomic E-state index is 12.9. The highest BCUT2D eigenvalue weighted by Gasteiger charge is 2.31. The van der Waals surface area contributed by atoms with Gasteiger partial charge >= 0.3 is 0 Å². The Morgan fingerprint density at radius 1 is 1.14 bits per heavy atom. The maximum absolute atomic E-state index is 12.9. The number of hydrogen-bond acceptors (Lipinski definition) is 4. The molecule has 4 heteroatoms. The second kappa shape index (κ2) is 5.82. The van der Waals surface area contributed by atoms with Crippen LogP contribution < -0.4 is 9.47 Å². The summed E-state index contributed by atoms with van der Waals surface area (Å²) in [5, 5.41) is 0. The van der Waals surface area contributed by atoms with Crippen molar-refractivity contribution >= 4 is 17.5 Å². The molecule has 3 rings (SSSR count). The van der Waals surface area contributed by atoms with E-state index in [-0.39, 0.29) is 11.7 Å². The summed E-state index contributed by atoms with van der Waals surface area (Å²) in [4.78, 5) is 14.1. The fourth-order valence-electron chi connectivity index (χ4n) is 2.57. The largest absolute Gasteiger partial charge is 0.497 e. The van der Waals surface area contributed by atoms with Gasteiger partial charge in [0, 0.05) is 10.6 Å². The predicted molar refractivity (Wildman–Crippen MR) is 83.8 cm³/mol. The molecule has 0 aromatic heterocycles. The number of carbonyl (C=O) groups excluding carboxylic acids is 1. The third-order valence-corrected chi connectivity index (χ3v) is 4.87. The topological polar surface area (TPSA) is 35.5 Å². The van der Waals surface area contributed by atoms with Crippen LogP contribution in [0.3, 0.4) is 0 Å². The van der Waals surface area contributed by atoms with Crippen molar-refractivity contribution in [3.05, 3.63) is 53.6 Å². The van der Waals surface area contributed by atoms with Crippen molar-refractivity contribution in [2.75, 3.05) is 20.0 Å². The minimum Gasteiger partial charge on any atom is -0.497 e. The van der Waals surface area contributed by atoms with Crippen LogP contribution in [0.5, 0.6) is 11.5 Å². The average Bonchev–Trinajstić information content (AvgIpc) is 2.97. The fraction of sp³-hybridized carbons (Fsp3) is 0.235. The molecule has 0 fully saturated rings. The maximum Gasteiger partial charge on any atom is 0.175 e. The minimum atomic E-state index is -0.118. The van der Waals surface area contributed by atoms with Crippen molar-refractivity contribution < 1.29 is 14.3 Å². The summed E-state index contributed by atoms with van der Waals surface area (Å²) in [7, 11) is 3.17. The van der Waals surface area contributed by atoms with Crippen molar-refractivity contribution in [3.8, 4) is 11.5 Å². The van der Waals surface area contributed by atoms with E-state index in [0.717, 1.165) is 11.3 Å². The Labute approximate surface area is 128 Å². The molecule has 2 aromatic rings. The molecule has 108 valence electrons. The highest BCUT2D eigenvalue weighted by atomic mass is 32.2. The first kappa shape index (κ1) is 14.0. The number of ketones is 1. The first-order valence-electron chi connectivity index (χ1n) is 6.72. The van der Waals surface area contributed by atoms with Gasteiger partial charge in [-0.15, -0.1) is 11.8 Å². The van der Waals surface area contributed by atoms with Gasteiger partial charge in [0.2, 0.25) is 0 Å². The normalized spacial score (nSPS) is 16.4. The molecule has 0 saturated carbocycles. The van der Waals surface area contributed by atoms with Gasteiger partial charge in [0.25, 0.3) is 0 Å². The first-order chi connectivity index (χ1) is 10.2. The summed E-state index contributed by atoms with van der Waals surface area (Å²) in [6, 6.07) is 13.4. The van der Waals surface area contributed by atoms with E-state index in [9.17, 15) is 4.79 Å². The molecule has 0 bridgehead atoms. The Morgan fingerprint density at radius 3 is 2.71 bits per heavy atom. The minimum absolute atomic E-state index is 0.0863. The average molecular weight is 300 g/mol. The third kappa shape index (κ3) is 2.51. The molecule has 1 heterocycles. The lowest BCUT2D eigenvalue weighted by Gasteiger charge is -2.14. The van der Waals surface area contributed by atoms with Crippen LogP contribution in [0, 0.1) is 0 Å². The Balaban J connectivity index is 2.00. The summed E-state index contributed by atoms with van der Waals surface area (Å²) >= 11 is 1.73. The van der Waals surface area contributed by atoms with E-state index in [1.807, 2.05) is 18.2 Å². The van der Waals surface area contributed by atoms with Crippen LogP contribution in [0.1, 0.15) is 21.8 Å². The number of fused-ring (bicyclic) bond motifs is 1. The van der Waals surface area contributed by atoms with Crippen molar-refractivity contribution in [1.29, 1.82) is 0 Å². The number of hydrogen-bond donors (Lipinski definition) is 0. The quantitative estimate of drug-likeness (QED) is 0.805. The highest BCUT2D eigenvalue weighted by Crippen LogP contribution is 2.42. The highest BCUT2D eigenvalue weighted by molar-refractivity contribution is 7.99. The summed E-state index contributed by atoms with van der Waals surface area (Å²) in [5.74, 6) is 2.00. The van der Waals surface area contributed by atoms with Gasteiger partial charge in [0.1, 0.15) is 11.5 Å². The number of Topliss-reactive ketones (excluding diaryl/α,β-unsaturated/α-hetero) is 1. The molecule has 21 heavy (non-hydrogen) atoms. The molecule has 1 aliphatic heterocycles. The van der Waals surface area contributed by atoms with E-state index in [0.29, 0.717) is 17.1 Å². The number of ether oxygens (including phenoxy) is 2. The number of carbonyl (C=O) groups is 1. The first-order valence-corrected chi connectivity index (χ1v) is 7.71. The second-order valence-electron chi connectivity index (χ2n) is 4.83. The molecule has 1 unspecified atom stereocenters. The molecule has 0 aliphatic carbocycles. The van der Waals surface area contributed by atoms with E-state index in [4.69, 9.17) is 9.47 Å². The lowest BCUT2D eigenvalue weighted by Crippen LogP contribution is -2.13. The zero-order valence-electron chi connectivity index (χ0n) is 12.0. The van der Waals surface area contributed by atoms with Crippen LogP contribution in [0.25, 0.3) is 0 Å². The molecular formula is C17H16O3S. The van der Waals surface area contributed by atoms with Crippen molar-refractivity contribution in [2.24, 2.45) is 0 Å². The van der Waals surface area contributed by atoms with Crippen molar-refractivity contribution in [3.63, 3.8) is 0 Å². The summed E-state index contributed by atoms with van der Waals surface area (Å²) in [5.41, 5.74) is 1.69. The van der Waals surface area contributed by atoms with Crippen LogP contribution in [-0.2, 0) is 0 Å². The number of methoxy groups -OCH3 is 2. The van der Waals surface area contributed by atoms with Crippen LogP contribution in [-0.4, -0.2) is 25.8 Å². The van der Waals surface area contributed by atoms with Crippen LogP contribution >= 0.6 is 11.8 Å². The number of benzene rings is 2. The lowest BCUT2D eigenvalue weighted by molar-refractivity contribution is 0.0965. The van der Waals surface area contributed by atoms with Gasteiger partial charge < -0.3 is 9.47 Å². The lowest BCUT2D eigenvalue weighted by atomic mass is 9.92. The van der Waals surface area contributed by atoms with E-state index in [2.05, 4.69) is 6.07 Å². The molecule has 0 spiro atoms. The molecule has 0 radical (unpaired) electrons. The smallest absolute Gasteiger partial charge is 0.175 e. The van der Waals surface area contributed by atoms with E-state index < -0.39 is 0 Å². The number of rotatable bonds is 4. The molecule has 0 N–H and O–H groups in total. The zero-order chi connectivity index (χ0) is 14.8. The SMILES string of the molecule is COc1ccc(OC)c(C(=O)C2CSc3ccccc32)c1. The van der Waals surface area contributed by atoms with E-state index in [1.54, 1.807) is 44.2 Å². The third-order valence-electron chi connectivity index (χ3n) is 3.69. The van der Waals surface area contributed by atoms with Crippen LogP contribution in [0.15, 0.2) is 47.4 Å². The summed E-state index contributed by atoms with van der Waals surface area (Å²) in [6.07, 6.45) is 0. The van der Waals surface area contributed by atoms with Crippen molar-refractivity contribution in [2.45, 2.75) is 10.8 Å². The molecule has 1 atom stereocenters. The fourth-order valence-corrected chi connectivity index (χ4v) is 3.80. The van der Waals surface area contributed by atoms with Crippen LogP contribution in [0.2, 0.25) is 0 Å². The molecule has 3 nitrogen and oxygen atoms in total. The van der Waals surface area contributed by atoms with Gasteiger partial charge in [-0.3, -0.25) is 4.79 Å². The van der Waals surface area contributed by atoms with Gasteiger partial charge in [-0.25, -0.2) is 0 Å². The number of thioether (sulfide) groups is 1. The summed E-state index contributed by atoms with van der Waals surface area (Å²) in [6.45, 7) is 0. The Hall–Kier alpha value is -1.94. The standard InChI is InChI=1S/C17H16O3S/c1-19-11-7-8-15(20-2)13(9-11)17(18)14-10-21-16-6-4-3-5-12(14)16/h3-9,14H,10H2,1-2H3. The Morgan fingerprint density at radius 2 is 1.95 bits per heavy atom. The molecule has 2 aromatic carbocycles. The predicted octanol–water partition coefficient (Wildman–Crippen LogP) is 3.78. The Bertz CT molecular complexity index is 681. The molecule has 0 amide bonds. The summed E-state index contributed by atoms with van der Waals surface area (Å²) < 4.78 is 10.6. The second-order valence-corrected chi connectivity index (χ2v) is 5.89. The van der Waals surface area contributed by atoms with Crippen LogP contribution in [0.4, 0.5) is 0 Å². The molecule has 0 saturated heterocycles. The molecule has 1 aliphatic rings. The van der Waals surface area contributed by atoms with Gasteiger partial charge in [-0.2, -0.15) is 0 Å². The van der Waals surface area contributed by atoms with Gasteiger partial charge in [0.05, 0.1) is 25.7 Å². The van der Waals surface area contributed by atoms with Gasteiger partial charge in [0.15, 0.2) is 5.78 Å². The zero-order valence-corrected chi connectivity index (χ0v) is 12.8. The monoisotopic (exact) mass is 300 g/mol. The van der Waals surface area contributed by atoms with E-state index >= 15 is 0 Å². The van der Waals surface area contributed by atoms with Gasteiger partial charge in [-0.1, -0.05) is 18.2 Å². The molecular weight excluding hydrogens is 284 g/mol. The van der Waals surface area contributed by atoms with Crippen molar-refractivity contribution in [1.82, 2.24) is 0 Å². The van der Waals surface area contributed by atoms with E-state index in [1.165, 1.54) is 4.90 Å². The van der Waals surface area contributed by atoms with Gasteiger partial charge in [-0.05, 0) is 29.8 Å². The Kier molecular flexibility index (Phi) is 3.88.